The number of fused-ring (bicyclic) bond motifs is 7. The van der Waals surface area contributed by atoms with Gasteiger partial charge in [0.15, 0.2) is 17.5 Å². The highest BCUT2D eigenvalue weighted by Crippen LogP contribution is 2.40. The molecule has 0 unspecified atom stereocenters. The van der Waals surface area contributed by atoms with Crippen molar-refractivity contribution in [2.75, 3.05) is 0 Å². The predicted molar refractivity (Wildman–Crippen MR) is 248 cm³/mol. The molecule has 280 valence electrons. The maximum absolute atomic E-state index is 5.10. The fraction of sp³-hybridized carbons (Fsp3) is 0. The molecule has 0 saturated carbocycles. The second-order valence-electron chi connectivity index (χ2n) is 15.2. The summed E-state index contributed by atoms with van der Waals surface area (Å²) >= 11 is 0. The first-order valence-electron chi connectivity index (χ1n) is 20.3. The van der Waals surface area contributed by atoms with Gasteiger partial charge < -0.3 is 9.13 Å². The summed E-state index contributed by atoms with van der Waals surface area (Å²) in [5, 5.41) is 7.10. The normalized spacial score (nSPS) is 11.7. The third-order valence-corrected chi connectivity index (χ3v) is 11.8. The van der Waals surface area contributed by atoms with Crippen molar-refractivity contribution in [3.63, 3.8) is 0 Å². The molecule has 0 fully saturated rings. The molecule has 5 nitrogen and oxygen atoms in total. The summed E-state index contributed by atoms with van der Waals surface area (Å²) in [6.45, 7) is 0. The standard InChI is InChI=1S/C55H35N5/c1-4-16-36(17-5-1)53-56-54(37-18-6-2-7-19-37)58-55(57-53)45-30-33-50(42-23-11-10-22-41(42)45)60-49-27-15-13-25-44(49)47-35-39(29-32-52(47)60)38-28-31-51-46(34-38)43-24-12-14-26-48(43)59(51)40-20-8-3-9-21-40/h1-35H. The molecule has 12 rings (SSSR count). The molecule has 0 aliphatic rings. The maximum atomic E-state index is 5.10. The van der Waals surface area contributed by atoms with Crippen LogP contribution in [-0.4, -0.2) is 24.1 Å². The zero-order valence-corrected chi connectivity index (χ0v) is 32.4. The van der Waals surface area contributed by atoms with Crippen LogP contribution in [-0.2, 0) is 0 Å². The lowest BCUT2D eigenvalue weighted by atomic mass is 10.0. The molecule has 3 aromatic heterocycles. The fourth-order valence-electron chi connectivity index (χ4n) is 9.02. The van der Waals surface area contributed by atoms with Gasteiger partial charge in [-0.3, -0.25) is 0 Å². The predicted octanol–water partition coefficient (Wildman–Crippen LogP) is 13.9. The van der Waals surface area contributed by atoms with Gasteiger partial charge in [-0.2, -0.15) is 0 Å². The van der Waals surface area contributed by atoms with Crippen LogP contribution in [0.15, 0.2) is 212 Å². The fourth-order valence-corrected chi connectivity index (χ4v) is 9.02. The van der Waals surface area contributed by atoms with Gasteiger partial charge in [0.2, 0.25) is 0 Å². The van der Waals surface area contributed by atoms with E-state index in [0.29, 0.717) is 17.5 Å². The topological polar surface area (TPSA) is 48.5 Å². The largest absolute Gasteiger partial charge is 0.309 e. The summed E-state index contributed by atoms with van der Waals surface area (Å²) in [4.78, 5) is 15.2. The highest BCUT2D eigenvalue weighted by Gasteiger charge is 2.20. The SMILES string of the molecule is c1ccc(-c2nc(-c3ccccc3)nc(-c3ccc(-n4c5ccccc5c5cc(-c6ccc7c(c6)c6ccccc6n7-c6ccccc6)ccc54)c4ccccc34)n2)cc1. The van der Waals surface area contributed by atoms with Gasteiger partial charge in [0.25, 0.3) is 0 Å². The second kappa shape index (κ2) is 13.8. The van der Waals surface area contributed by atoms with Crippen molar-refractivity contribution < 1.29 is 0 Å². The highest BCUT2D eigenvalue weighted by atomic mass is 15.0. The quantitative estimate of drug-likeness (QED) is 0.169. The van der Waals surface area contributed by atoms with Gasteiger partial charge in [-0.05, 0) is 77.2 Å². The van der Waals surface area contributed by atoms with Crippen molar-refractivity contribution in [3.8, 4) is 56.7 Å². The van der Waals surface area contributed by atoms with Crippen LogP contribution in [0, 0.1) is 0 Å². The summed E-state index contributed by atoms with van der Waals surface area (Å²) in [6.07, 6.45) is 0. The minimum atomic E-state index is 0.640. The number of para-hydroxylation sites is 3. The summed E-state index contributed by atoms with van der Waals surface area (Å²) in [5.41, 5.74) is 12.2. The summed E-state index contributed by atoms with van der Waals surface area (Å²) in [7, 11) is 0. The van der Waals surface area contributed by atoms with Crippen molar-refractivity contribution in [3.05, 3.63) is 212 Å². The Balaban J connectivity index is 1.02. The monoisotopic (exact) mass is 765 g/mol. The van der Waals surface area contributed by atoms with Gasteiger partial charge in [-0.1, -0.05) is 152 Å². The maximum Gasteiger partial charge on any atom is 0.164 e. The lowest BCUT2D eigenvalue weighted by Crippen LogP contribution is -2.01. The smallest absolute Gasteiger partial charge is 0.164 e. The molecule has 0 radical (unpaired) electrons. The third-order valence-electron chi connectivity index (χ3n) is 11.8. The van der Waals surface area contributed by atoms with Gasteiger partial charge in [0, 0.05) is 49.3 Å². The Morgan fingerprint density at radius 2 is 0.700 bits per heavy atom. The van der Waals surface area contributed by atoms with E-state index in [1.165, 1.54) is 43.7 Å². The van der Waals surface area contributed by atoms with Gasteiger partial charge >= 0.3 is 0 Å². The average Bonchev–Trinajstić information content (AvgIpc) is 3.84. The first kappa shape index (κ1) is 33.9. The van der Waals surface area contributed by atoms with E-state index < -0.39 is 0 Å². The molecule has 0 bridgehead atoms. The van der Waals surface area contributed by atoms with E-state index in [0.717, 1.165) is 49.9 Å². The van der Waals surface area contributed by atoms with Gasteiger partial charge in [-0.25, -0.2) is 15.0 Å². The molecule has 12 aromatic rings. The molecule has 5 heteroatoms. The van der Waals surface area contributed by atoms with Crippen LogP contribution in [0.4, 0.5) is 0 Å². The van der Waals surface area contributed by atoms with E-state index in [1.807, 2.05) is 60.7 Å². The first-order valence-corrected chi connectivity index (χ1v) is 20.3. The first-order chi connectivity index (χ1) is 29.8. The van der Waals surface area contributed by atoms with E-state index in [2.05, 4.69) is 161 Å². The molecule has 0 spiro atoms. The molecular formula is C55H35N5. The summed E-state index contributed by atoms with van der Waals surface area (Å²) in [6, 6.07) is 75.2. The van der Waals surface area contributed by atoms with Crippen LogP contribution in [0.3, 0.4) is 0 Å². The van der Waals surface area contributed by atoms with E-state index in [4.69, 9.17) is 15.0 Å². The van der Waals surface area contributed by atoms with Crippen LogP contribution in [0.2, 0.25) is 0 Å². The number of benzene rings is 9. The van der Waals surface area contributed by atoms with Crippen molar-refractivity contribution in [2.24, 2.45) is 0 Å². The molecule has 60 heavy (non-hydrogen) atoms. The van der Waals surface area contributed by atoms with Crippen molar-refractivity contribution in [2.45, 2.75) is 0 Å². The molecule has 0 N–H and O–H groups in total. The van der Waals surface area contributed by atoms with E-state index >= 15 is 0 Å². The lowest BCUT2D eigenvalue weighted by molar-refractivity contribution is 1.08. The Kier molecular flexibility index (Phi) is 7.78. The van der Waals surface area contributed by atoms with Gasteiger partial charge in [0.1, 0.15) is 0 Å². The Labute approximate surface area is 346 Å². The molecular weight excluding hydrogens is 731 g/mol. The van der Waals surface area contributed by atoms with Crippen LogP contribution in [0.25, 0.3) is 111 Å². The van der Waals surface area contributed by atoms with Crippen LogP contribution >= 0.6 is 0 Å². The van der Waals surface area contributed by atoms with Gasteiger partial charge in [-0.15, -0.1) is 0 Å². The second-order valence-corrected chi connectivity index (χ2v) is 15.2. The number of hydrogen-bond acceptors (Lipinski definition) is 3. The number of aromatic nitrogens is 5. The highest BCUT2D eigenvalue weighted by molar-refractivity contribution is 6.14. The summed E-state index contributed by atoms with van der Waals surface area (Å²) < 4.78 is 4.78. The Hall–Kier alpha value is -8.15. The number of nitrogens with zero attached hydrogens (tertiary/aromatic N) is 5. The van der Waals surface area contributed by atoms with Crippen molar-refractivity contribution >= 4 is 54.4 Å². The molecule has 0 atom stereocenters. The zero-order chi connectivity index (χ0) is 39.6. The van der Waals surface area contributed by atoms with E-state index in [9.17, 15) is 0 Å². The van der Waals surface area contributed by atoms with E-state index in [-0.39, 0.29) is 0 Å². The molecule has 0 aliphatic heterocycles. The molecule has 3 heterocycles. The molecule has 0 saturated heterocycles. The van der Waals surface area contributed by atoms with E-state index in [1.54, 1.807) is 0 Å². The van der Waals surface area contributed by atoms with Crippen LogP contribution in [0.1, 0.15) is 0 Å². The lowest BCUT2D eigenvalue weighted by Gasteiger charge is -2.15. The minimum Gasteiger partial charge on any atom is -0.309 e. The Morgan fingerprint density at radius 3 is 1.28 bits per heavy atom. The van der Waals surface area contributed by atoms with Crippen LogP contribution < -0.4 is 0 Å². The van der Waals surface area contributed by atoms with Gasteiger partial charge in [0.05, 0.1) is 27.8 Å². The third kappa shape index (κ3) is 5.44. The minimum absolute atomic E-state index is 0.640. The number of rotatable bonds is 6. The van der Waals surface area contributed by atoms with Crippen LogP contribution in [0.5, 0.6) is 0 Å². The van der Waals surface area contributed by atoms with Crippen molar-refractivity contribution in [1.82, 2.24) is 24.1 Å². The Bertz CT molecular complexity index is 3530. The molecule has 0 amide bonds. The Morgan fingerprint density at radius 1 is 0.267 bits per heavy atom. The zero-order valence-electron chi connectivity index (χ0n) is 32.4. The number of hydrogen-bond donors (Lipinski definition) is 0. The molecule has 9 aromatic carbocycles. The average molecular weight is 766 g/mol. The van der Waals surface area contributed by atoms with Crippen molar-refractivity contribution in [1.29, 1.82) is 0 Å². The summed E-state index contributed by atoms with van der Waals surface area (Å²) in [5.74, 6) is 1.93. The molecule has 0 aliphatic carbocycles.